The van der Waals surface area contributed by atoms with Gasteiger partial charge in [0.1, 0.15) is 5.76 Å². The highest BCUT2D eigenvalue weighted by Gasteiger charge is 2.16. The Bertz CT molecular complexity index is 482. The highest BCUT2D eigenvalue weighted by molar-refractivity contribution is 7.80. The highest BCUT2D eigenvalue weighted by atomic mass is 32.1. The van der Waals surface area contributed by atoms with Crippen molar-refractivity contribution in [3.05, 3.63) is 54.5 Å². The van der Waals surface area contributed by atoms with Crippen molar-refractivity contribution in [1.29, 1.82) is 0 Å². The van der Waals surface area contributed by atoms with Crippen LogP contribution in [0.3, 0.4) is 0 Å². The molecule has 0 aliphatic rings. The molecule has 4 heteroatoms. The molecule has 0 radical (unpaired) electrons. The molecule has 0 aliphatic heterocycles. The Kier molecular flexibility index (Phi) is 4.47. The van der Waals surface area contributed by atoms with Gasteiger partial charge in [0, 0.05) is 12.1 Å². The van der Waals surface area contributed by atoms with Crippen LogP contribution in [0.5, 0.6) is 0 Å². The van der Waals surface area contributed by atoms with E-state index in [1.165, 1.54) is 0 Å². The molecule has 1 amide bonds. The summed E-state index contributed by atoms with van der Waals surface area (Å²) in [6, 6.07) is 13.3. The molecule has 2 aromatic rings. The summed E-state index contributed by atoms with van der Waals surface area (Å²) in [6.07, 6.45) is 2.03. The average molecular weight is 261 g/mol. The standard InChI is InChI=1S/C14H15NO2S/c16-14(8-10-18)15(11-13-7-4-9-17-13)12-5-2-1-3-6-12/h1-7,9,18H,8,10-11H2. The van der Waals surface area contributed by atoms with Crippen LogP contribution in [-0.2, 0) is 11.3 Å². The lowest BCUT2D eigenvalue weighted by Gasteiger charge is -2.21. The fraction of sp³-hybridized carbons (Fsp3) is 0.214. The van der Waals surface area contributed by atoms with Gasteiger partial charge in [-0.15, -0.1) is 0 Å². The molecule has 0 spiro atoms. The summed E-state index contributed by atoms with van der Waals surface area (Å²) in [5, 5.41) is 0. The van der Waals surface area contributed by atoms with Crippen molar-refractivity contribution in [2.45, 2.75) is 13.0 Å². The molecular formula is C14H15NO2S. The Labute approximate surface area is 112 Å². The molecule has 18 heavy (non-hydrogen) atoms. The fourth-order valence-corrected chi connectivity index (χ4v) is 1.91. The maximum atomic E-state index is 12.1. The minimum absolute atomic E-state index is 0.0487. The van der Waals surface area contributed by atoms with Gasteiger partial charge in [-0.05, 0) is 30.0 Å². The second-order valence-corrected chi connectivity index (χ2v) is 4.32. The molecule has 3 nitrogen and oxygen atoms in total. The molecule has 2 rings (SSSR count). The number of amides is 1. The van der Waals surface area contributed by atoms with Gasteiger partial charge in [0.05, 0.1) is 12.8 Å². The summed E-state index contributed by atoms with van der Waals surface area (Å²) in [7, 11) is 0. The molecule has 0 saturated heterocycles. The van der Waals surface area contributed by atoms with Gasteiger partial charge in [0.15, 0.2) is 0 Å². The van der Waals surface area contributed by atoms with Crippen molar-refractivity contribution in [1.82, 2.24) is 0 Å². The summed E-state index contributed by atoms with van der Waals surface area (Å²) >= 11 is 4.11. The number of hydrogen-bond acceptors (Lipinski definition) is 3. The molecule has 0 aliphatic carbocycles. The summed E-state index contributed by atoms with van der Waals surface area (Å²) < 4.78 is 5.30. The van der Waals surface area contributed by atoms with E-state index in [1.54, 1.807) is 11.2 Å². The van der Waals surface area contributed by atoms with Crippen molar-refractivity contribution in [3.8, 4) is 0 Å². The Morgan fingerprint density at radius 1 is 1.17 bits per heavy atom. The van der Waals surface area contributed by atoms with E-state index < -0.39 is 0 Å². The van der Waals surface area contributed by atoms with Crippen LogP contribution in [0.25, 0.3) is 0 Å². The van der Waals surface area contributed by atoms with Crippen LogP contribution in [0.2, 0.25) is 0 Å². The first-order chi connectivity index (χ1) is 8.81. The average Bonchev–Trinajstić information content (AvgIpc) is 2.90. The minimum atomic E-state index is 0.0487. The molecule has 1 heterocycles. The number of furan rings is 1. The fourth-order valence-electron chi connectivity index (χ4n) is 1.72. The third kappa shape index (κ3) is 3.17. The predicted molar refractivity (Wildman–Crippen MR) is 74.8 cm³/mol. The maximum absolute atomic E-state index is 12.1. The molecule has 0 unspecified atom stereocenters. The van der Waals surface area contributed by atoms with Crippen LogP contribution in [-0.4, -0.2) is 11.7 Å². The Hall–Kier alpha value is -1.68. The van der Waals surface area contributed by atoms with Gasteiger partial charge in [0.2, 0.25) is 5.91 Å². The lowest BCUT2D eigenvalue weighted by molar-refractivity contribution is -0.118. The molecule has 0 bridgehead atoms. The zero-order valence-electron chi connectivity index (χ0n) is 9.95. The number of para-hydroxylation sites is 1. The number of nitrogens with zero attached hydrogens (tertiary/aromatic N) is 1. The summed E-state index contributed by atoms with van der Waals surface area (Å²) in [4.78, 5) is 13.8. The van der Waals surface area contributed by atoms with Crippen molar-refractivity contribution < 1.29 is 9.21 Å². The van der Waals surface area contributed by atoms with E-state index in [2.05, 4.69) is 12.6 Å². The number of rotatable bonds is 5. The normalized spacial score (nSPS) is 10.3. The van der Waals surface area contributed by atoms with Crippen LogP contribution >= 0.6 is 12.6 Å². The van der Waals surface area contributed by atoms with Gasteiger partial charge in [-0.2, -0.15) is 12.6 Å². The Morgan fingerprint density at radius 3 is 2.56 bits per heavy atom. The van der Waals surface area contributed by atoms with E-state index in [9.17, 15) is 4.79 Å². The van der Waals surface area contributed by atoms with Gasteiger partial charge in [-0.1, -0.05) is 18.2 Å². The van der Waals surface area contributed by atoms with E-state index in [1.807, 2.05) is 42.5 Å². The quantitative estimate of drug-likeness (QED) is 0.839. The smallest absolute Gasteiger partial charge is 0.228 e. The number of carbonyl (C=O) groups excluding carboxylic acids is 1. The van der Waals surface area contributed by atoms with E-state index in [4.69, 9.17) is 4.42 Å². The first kappa shape index (κ1) is 12.8. The number of carbonyl (C=O) groups is 1. The zero-order valence-corrected chi connectivity index (χ0v) is 10.8. The molecular weight excluding hydrogens is 246 g/mol. The molecule has 0 saturated carbocycles. The van der Waals surface area contributed by atoms with Crippen molar-refractivity contribution in [2.24, 2.45) is 0 Å². The van der Waals surface area contributed by atoms with Crippen molar-refractivity contribution in [2.75, 3.05) is 10.7 Å². The minimum Gasteiger partial charge on any atom is -0.467 e. The van der Waals surface area contributed by atoms with Crippen molar-refractivity contribution in [3.63, 3.8) is 0 Å². The second-order valence-electron chi connectivity index (χ2n) is 3.87. The molecule has 0 N–H and O–H groups in total. The first-order valence-corrected chi connectivity index (χ1v) is 6.43. The van der Waals surface area contributed by atoms with Gasteiger partial charge < -0.3 is 9.32 Å². The highest BCUT2D eigenvalue weighted by Crippen LogP contribution is 2.18. The second kappa shape index (κ2) is 6.31. The largest absolute Gasteiger partial charge is 0.467 e. The van der Waals surface area contributed by atoms with Crippen LogP contribution in [0.1, 0.15) is 12.2 Å². The Morgan fingerprint density at radius 2 is 1.94 bits per heavy atom. The summed E-state index contributed by atoms with van der Waals surface area (Å²) in [6.45, 7) is 0.448. The van der Waals surface area contributed by atoms with E-state index in [0.717, 1.165) is 11.4 Å². The Balaban J connectivity index is 2.20. The summed E-state index contributed by atoms with van der Waals surface area (Å²) in [5.74, 6) is 1.36. The van der Waals surface area contributed by atoms with E-state index in [-0.39, 0.29) is 5.91 Å². The maximum Gasteiger partial charge on any atom is 0.228 e. The van der Waals surface area contributed by atoms with Crippen LogP contribution in [0, 0.1) is 0 Å². The van der Waals surface area contributed by atoms with Gasteiger partial charge in [-0.3, -0.25) is 4.79 Å². The topological polar surface area (TPSA) is 33.5 Å². The van der Waals surface area contributed by atoms with Gasteiger partial charge in [0.25, 0.3) is 0 Å². The van der Waals surface area contributed by atoms with Crippen LogP contribution < -0.4 is 4.90 Å². The molecule has 0 atom stereocenters. The van der Waals surface area contributed by atoms with Crippen LogP contribution in [0.15, 0.2) is 53.1 Å². The monoisotopic (exact) mass is 261 g/mol. The first-order valence-electron chi connectivity index (χ1n) is 5.80. The zero-order chi connectivity index (χ0) is 12.8. The molecule has 1 aromatic carbocycles. The lowest BCUT2D eigenvalue weighted by atomic mass is 10.2. The third-order valence-corrected chi connectivity index (χ3v) is 2.81. The number of benzene rings is 1. The predicted octanol–water partition coefficient (Wildman–Crippen LogP) is 3.13. The van der Waals surface area contributed by atoms with E-state index >= 15 is 0 Å². The molecule has 1 aromatic heterocycles. The number of thiol groups is 1. The molecule has 0 fully saturated rings. The molecule has 94 valence electrons. The van der Waals surface area contributed by atoms with E-state index in [0.29, 0.717) is 18.7 Å². The van der Waals surface area contributed by atoms with Gasteiger partial charge >= 0.3 is 0 Å². The number of hydrogen-bond donors (Lipinski definition) is 1. The van der Waals surface area contributed by atoms with Crippen LogP contribution in [0.4, 0.5) is 5.69 Å². The summed E-state index contributed by atoms with van der Waals surface area (Å²) in [5.41, 5.74) is 0.876. The third-order valence-electron chi connectivity index (χ3n) is 2.59. The lowest BCUT2D eigenvalue weighted by Crippen LogP contribution is -2.30. The van der Waals surface area contributed by atoms with Crippen molar-refractivity contribution >= 4 is 24.2 Å². The SMILES string of the molecule is O=C(CCS)N(Cc1ccco1)c1ccccc1. The number of anilines is 1. The van der Waals surface area contributed by atoms with Gasteiger partial charge in [-0.25, -0.2) is 0 Å².